The van der Waals surface area contributed by atoms with Crippen molar-refractivity contribution in [3.63, 3.8) is 0 Å². The van der Waals surface area contributed by atoms with Crippen LogP contribution in [-0.2, 0) is 16.2 Å². The van der Waals surface area contributed by atoms with Crippen molar-refractivity contribution in [1.29, 1.82) is 0 Å². The van der Waals surface area contributed by atoms with Gasteiger partial charge in [0.1, 0.15) is 4.21 Å². The van der Waals surface area contributed by atoms with Crippen molar-refractivity contribution in [2.24, 2.45) is 0 Å². The quantitative estimate of drug-likeness (QED) is 0.702. The van der Waals surface area contributed by atoms with E-state index < -0.39 is 21.8 Å². The number of hydrogen-bond acceptors (Lipinski definition) is 4. The molecule has 1 aromatic carbocycles. The Kier molecular flexibility index (Phi) is 5.16. The highest BCUT2D eigenvalue weighted by molar-refractivity contribution is 9.11. The molecule has 0 unspecified atom stereocenters. The zero-order valence-electron chi connectivity index (χ0n) is 12.8. The van der Waals surface area contributed by atoms with E-state index in [1.54, 1.807) is 23.1 Å². The van der Waals surface area contributed by atoms with Crippen LogP contribution in [0.2, 0.25) is 0 Å². The number of thiophene rings is 1. The lowest BCUT2D eigenvalue weighted by Crippen LogP contribution is -2.48. The molecule has 1 saturated heterocycles. The van der Waals surface area contributed by atoms with Crippen molar-refractivity contribution in [2.45, 2.75) is 10.4 Å². The third kappa shape index (κ3) is 4.02. The molecule has 0 saturated carbocycles. The van der Waals surface area contributed by atoms with Crippen LogP contribution in [0.1, 0.15) is 5.56 Å². The third-order valence-electron chi connectivity index (χ3n) is 3.92. The van der Waals surface area contributed by atoms with E-state index in [-0.39, 0.29) is 17.3 Å². The highest BCUT2D eigenvalue weighted by Crippen LogP contribution is 2.33. The Morgan fingerprint density at radius 1 is 1.04 bits per heavy atom. The molecule has 3 rings (SSSR count). The highest BCUT2D eigenvalue weighted by Gasteiger charge is 2.32. The molecule has 0 N–H and O–H groups in total. The Hall–Kier alpha value is -1.10. The second-order valence-corrected chi connectivity index (χ2v) is 10.1. The van der Waals surface area contributed by atoms with E-state index in [1.807, 2.05) is 0 Å². The van der Waals surface area contributed by atoms with Crippen LogP contribution in [-0.4, -0.2) is 38.9 Å². The zero-order valence-corrected chi connectivity index (χ0v) is 16.1. The largest absolute Gasteiger partial charge is 0.416 e. The molecule has 0 amide bonds. The van der Waals surface area contributed by atoms with Crippen LogP contribution in [0.3, 0.4) is 0 Å². The molecule has 0 bridgehead atoms. The Balaban J connectivity index is 1.72. The monoisotopic (exact) mass is 454 g/mol. The first-order valence-electron chi connectivity index (χ1n) is 7.35. The summed E-state index contributed by atoms with van der Waals surface area (Å²) in [5.41, 5.74) is -0.255. The lowest BCUT2D eigenvalue weighted by molar-refractivity contribution is -0.137. The number of rotatable bonds is 3. The first-order valence-corrected chi connectivity index (χ1v) is 10.4. The predicted octanol–water partition coefficient (Wildman–Crippen LogP) is 4.04. The Bertz CT molecular complexity index is 860. The fourth-order valence-electron chi connectivity index (χ4n) is 2.63. The summed E-state index contributed by atoms with van der Waals surface area (Å²) in [5.74, 6) is 0. The van der Waals surface area contributed by atoms with Crippen molar-refractivity contribution in [2.75, 3.05) is 31.1 Å². The molecule has 2 aromatic rings. The molecule has 0 spiro atoms. The minimum Gasteiger partial charge on any atom is -0.369 e. The minimum absolute atomic E-state index is 0.230. The normalized spacial score (nSPS) is 17.0. The number of sulfonamides is 1. The summed E-state index contributed by atoms with van der Waals surface area (Å²) in [6.45, 7) is 1.14. The van der Waals surface area contributed by atoms with Gasteiger partial charge in [0.25, 0.3) is 10.0 Å². The van der Waals surface area contributed by atoms with E-state index in [0.29, 0.717) is 18.8 Å². The van der Waals surface area contributed by atoms with Gasteiger partial charge in [-0.3, -0.25) is 0 Å². The van der Waals surface area contributed by atoms with Crippen LogP contribution >= 0.6 is 27.3 Å². The molecule has 25 heavy (non-hydrogen) atoms. The molecule has 0 atom stereocenters. The number of nitrogens with zero attached hydrogens (tertiary/aromatic N) is 2. The summed E-state index contributed by atoms with van der Waals surface area (Å²) < 4.78 is 66.0. The number of hydrogen-bond donors (Lipinski definition) is 0. The van der Waals surface area contributed by atoms with Gasteiger partial charge >= 0.3 is 6.18 Å². The minimum atomic E-state index is -4.40. The highest BCUT2D eigenvalue weighted by atomic mass is 79.9. The van der Waals surface area contributed by atoms with E-state index in [0.717, 1.165) is 27.3 Å². The topological polar surface area (TPSA) is 40.6 Å². The Morgan fingerprint density at radius 2 is 1.72 bits per heavy atom. The van der Waals surface area contributed by atoms with E-state index >= 15 is 0 Å². The molecule has 136 valence electrons. The Labute approximate surface area is 156 Å². The summed E-state index contributed by atoms with van der Waals surface area (Å²) in [4.78, 5) is 1.77. The van der Waals surface area contributed by atoms with Crippen LogP contribution in [0, 0.1) is 0 Å². The smallest absolute Gasteiger partial charge is 0.369 e. The van der Waals surface area contributed by atoms with E-state index in [4.69, 9.17) is 0 Å². The fourth-order valence-corrected chi connectivity index (χ4v) is 6.22. The second-order valence-electron chi connectivity index (χ2n) is 5.50. The SMILES string of the molecule is O=S(=O)(c1ccc(Br)s1)N1CCN(c2cccc(C(F)(F)F)c2)CC1. The number of anilines is 1. The van der Waals surface area contributed by atoms with Gasteiger partial charge in [-0.2, -0.15) is 17.5 Å². The van der Waals surface area contributed by atoms with Gasteiger partial charge in [-0.05, 0) is 46.3 Å². The fraction of sp³-hybridized carbons (Fsp3) is 0.333. The van der Waals surface area contributed by atoms with E-state index in [1.165, 1.54) is 10.4 Å². The average Bonchev–Trinajstić information content (AvgIpc) is 3.02. The van der Waals surface area contributed by atoms with Crippen LogP contribution in [0.4, 0.5) is 18.9 Å². The maximum absolute atomic E-state index is 12.8. The zero-order chi connectivity index (χ0) is 18.2. The molecular formula is C15H14BrF3N2O2S2. The number of halogens is 4. The summed E-state index contributed by atoms with van der Waals surface area (Å²) in [6.07, 6.45) is -4.40. The van der Waals surface area contributed by atoms with Crippen LogP contribution in [0.15, 0.2) is 44.4 Å². The van der Waals surface area contributed by atoms with Gasteiger partial charge in [-0.25, -0.2) is 8.42 Å². The molecule has 1 aromatic heterocycles. The predicted molar refractivity (Wildman–Crippen MR) is 94.4 cm³/mol. The first-order chi connectivity index (χ1) is 11.7. The molecule has 1 aliphatic heterocycles. The second kappa shape index (κ2) is 6.90. The van der Waals surface area contributed by atoms with Crippen molar-refractivity contribution in [1.82, 2.24) is 4.31 Å². The lowest BCUT2D eigenvalue weighted by atomic mass is 10.1. The number of piperazine rings is 1. The standard InChI is InChI=1S/C15H14BrF3N2O2S2/c16-13-4-5-14(24-13)25(22,23)21-8-6-20(7-9-21)12-3-1-2-11(10-12)15(17,18)19/h1-5,10H,6-9H2. The third-order valence-corrected chi connectivity index (χ3v) is 7.91. The Morgan fingerprint density at radius 3 is 2.28 bits per heavy atom. The molecule has 0 radical (unpaired) electrons. The molecule has 0 aliphatic carbocycles. The molecule has 1 aliphatic rings. The molecule has 10 heteroatoms. The lowest BCUT2D eigenvalue weighted by Gasteiger charge is -2.35. The van der Waals surface area contributed by atoms with Crippen LogP contribution < -0.4 is 4.90 Å². The van der Waals surface area contributed by atoms with Gasteiger partial charge in [0.15, 0.2) is 0 Å². The van der Waals surface area contributed by atoms with Gasteiger partial charge in [0.05, 0.1) is 9.35 Å². The van der Waals surface area contributed by atoms with Crippen molar-refractivity contribution >= 4 is 43.0 Å². The number of benzene rings is 1. The maximum atomic E-state index is 12.8. The summed E-state index contributed by atoms with van der Waals surface area (Å²) >= 11 is 4.39. The van der Waals surface area contributed by atoms with E-state index in [9.17, 15) is 21.6 Å². The molecule has 2 heterocycles. The van der Waals surface area contributed by atoms with Crippen molar-refractivity contribution in [3.8, 4) is 0 Å². The van der Waals surface area contributed by atoms with Crippen LogP contribution in [0.25, 0.3) is 0 Å². The molecule has 1 fully saturated rings. The van der Waals surface area contributed by atoms with Crippen molar-refractivity contribution in [3.05, 3.63) is 45.7 Å². The number of alkyl halides is 3. The van der Waals surface area contributed by atoms with Crippen LogP contribution in [0.5, 0.6) is 0 Å². The summed E-state index contributed by atoms with van der Waals surface area (Å²) in [5, 5.41) is 0. The van der Waals surface area contributed by atoms with Gasteiger partial charge in [-0.15, -0.1) is 11.3 Å². The van der Waals surface area contributed by atoms with Crippen molar-refractivity contribution < 1.29 is 21.6 Å². The van der Waals surface area contributed by atoms with Gasteiger partial charge in [0.2, 0.25) is 0 Å². The maximum Gasteiger partial charge on any atom is 0.416 e. The first kappa shape index (κ1) is 18.7. The summed E-state index contributed by atoms with van der Waals surface area (Å²) in [7, 11) is -3.56. The molecular weight excluding hydrogens is 441 g/mol. The van der Waals surface area contributed by atoms with E-state index in [2.05, 4.69) is 15.9 Å². The average molecular weight is 455 g/mol. The van der Waals surface area contributed by atoms with Gasteiger partial charge in [-0.1, -0.05) is 6.07 Å². The summed E-state index contributed by atoms with van der Waals surface area (Å²) in [6, 6.07) is 8.32. The van der Waals surface area contributed by atoms with Gasteiger partial charge in [0, 0.05) is 31.9 Å². The molecule has 4 nitrogen and oxygen atoms in total. The van der Waals surface area contributed by atoms with Gasteiger partial charge < -0.3 is 4.90 Å².